The van der Waals surface area contributed by atoms with E-state index in [1.165, 1.54) is 0 Å². The molecule has 152 valence electrons. The third-order valence-electron chi connectivity index (χ3n) is 4.05. The first-order chi connectivity index (χ1) is 14.1. The van der Waals surface area contributed by atoms with Gasteiger partial charge in [-0.15, -0.1) is 6.58 Å². The number of rotatable bonds is 9. The Morgan fingerprint density at radius 2 is 1.90 bits per heavy atom. The number of carbonyl (C=O) groups is 1. The van der Waals surface area contributed by atoms with Gasteiger partial charge in [-0.3, -0.25) is 20.5 Å². The topological polar surface area (TPSA) is 62.8 Å². The van der Waals surface area contributed by atoms with Gasteiger partial charge in [-0.05, 0) is 48.5 Å². The van der Waals surface area contributed by atoms with Crippen molar-refractivity contribution in [2.45, 2.75) is 5.50 Å². The lowest BCUT2D eigenvalue weighted by Crippen LogP contribution is -2.50. The quantitative estimate of drug-likeness (QED) is 0.534. The van der Waals surface area contributed by atoms with Crippen LogP contribution in [0.3, 0.4) is 0 Å². The maximum Gasteiger partial charge on any atom is 0.276 e. The maximum absolute atomic E-state index is 12.5. The molecule has 0 radical (unpaired) electrons. The van der Waals surface area contributed by atoms with Crippen molar-refractivity contribution in [2.24, 2.45) is 0 Å². The molecule has 1 aliphatic heterocycles. The number of methoxy groups -OCH3 is 1. The van der Waals surface area contributed by atoms with Gasteiger partial charge in [0, 0.05) is 22.0 Å². The van der Waals surface area contributed by atoms with Crippen LogP contribution in [0.25, 0.3) is 5.70 Å². The molecule has 0 unspecified atom stereocenters. The number of halogens is 1. The van der Waals surface area contributed by atoms with Crippen molar-refractivity contribution in [2.75, 3.05) is 20.3 Å². The molecule has 0 aliphatic carbocycles. The normalized spacial score (nSPS) is 15.6. The van der Waals surface area contributed by atoms with Gasteiger partial charge in [-0.25, -0.2) is 0 Å². The number of nitrogens with zero attached hydrogens (tertiary/aromatic N) is 1. The molecule has 1 amide bonds. The van der Waals surface area contributed by atoms with Gasteiger partial charge in [0.2, 0.25) is 0 Å². The Kier molecular flexibility index (Phi) is 7.62. The van der Waals surface area contributed by atoms with E-state index in [9.17, 15) is 4.79 Å². The molecule has 2 aromatic rings. The van der Waals surface area contributed by atoms with Crippen LogP contribution in [0, 0.1) is 0 Å². The zero-order chi connectivity index (χ0) is 20.6. The summed E-state index contributed by atoms with van der Waals surface area (Å²) in [6.07, 6.45) is 1.78. The second kappa shape index (κ2) is 10.4. The van der Waals surface area contributed by atoms with E-state index in [-0.39, 0.29) is 18.0 Å². The van der Waals surface area contributed by atoms with E-state index in [1.54, 1.807) is 37.1 Å². The molecule has 0 fully saturated rings. The van der Waals surface area contributed by atoms with Crippen molar-refractivity contribution < 1.29 is 14.3 Å². The van der Waals surface area contributed by atoms with Crippen LogP contribution in [-0.4, -0.2) is 36.7 Å². The van der Waals surface area contributed by atoms with Crippen LogP contribution in [0.2, 0.25) is 0 Å². The first-order valence-corrected chi connectivity index (χ1v) is 10.7. The highest BCUT2D eigenvalue weighted by molar-refractivity contribution is 9.10. The summed E-state index contributed by atoms with van der Waals surface area (Å²) < 4.78 is 11.8. The third kappa shape index (κ3) is 5.79. The summed E-state index contributed by atoms with van der Waals surface area (Å²) >= 11 is 4.95. The molecule has 2 N–H and O–H groups in total. The number of thioether (sulfide) groups is 1. The lowest BCUT2D eigenvalue weighted by molar-refractivity contribution is -0.126. The van der Waals surface area contributed by atoms with Crippen molar-refractivity contribution in [1.82, 2.24) is 15.8 Å². The standard InChI is InChI=1S/C21H22BrN3O3S/c1-3-12-23-21-25(19(14-29-21)15-4-8-17(27-2)9-5-15)24-20(26)13-28-18-10-6-16(22)7-11-18/h3-11,14,21,23H,1,12-13H2,2H3,(H,24,26)/t21-/m0/s1. The summed E-state index contributed by atoms with van der Waals surface area (Å²) in [5, 5.41) is 7.14. The summed E-state index contributed by atoms with van der Waals surface area (Å²) in [6.45, 7) is 4.27. The SMILES string of the molecule is C=CCN[C@@H]1SC=C(c2ccc(OC)cc2)N1NC(=O)COc1ccc(Br)cc1. The maximum atomic E-state index is 12.5. The molecule has 3 rings (SSSR count). The smallest absolute Gasteiger partial charge is 0.276 e. The average molecular weight is 476 g/mol. The molecule has 1 aliphatic rings. The zero-order valence-electron chi connectivity index (χ0n) is 15.9. The first kappa shape index (κ1) is 21.3. The fraction of sp³-hybridized carbons (Fsp3) is 0.190. The molecule has 1 atom stereocenters. The Morgan fingerprint density at radius 1 is 1.21 bits per heavy atom. The van der Waals surface area contributed by atoms with Gasteiger partial charge in [0.15, 0.2) is 12.1 Å². The van der Waals surface area contributed by atoms with E-state index in [0.29, 0.717) is 12.3 Å². The Labute approximate surface area is 183 Å². The van der Waals surface area contributed by atoms with Crippen molar-refractivity contribution in [3.05, 3.63) is 76.6 Å². The van der Waals surface area contributed by atoms with E-state index in [4.69, 9.17) is 9.47 Å². The van der Waals surface area contributed by atoms with Crippen molar-refractivity contribution in [1.29, 1.82) is 0 Å². The highest BCUT2D eigenvalue weighted by Gasteiger charge is 2.29. The number of hydrogen-bond acceptors (Lipinski definition) is 6. The van der Waals surface area contributed by atoms with Gasteiger partial charge in [0.1, 0.15) is 11.5 Å². The molecule has 0 saturated heterocycles. The molecule has 0 spiro atoms. The minimum atomic E-state index is -0.250. The van der Waals surface area contributed by atoms with Crippen LogP contribution in [0.15, 0.2) is 71.1 Å². The Morgan fingerprint density at radius 3 is 2.55 bits per heavy atom. The number of carbonyl (C=O) groups excluding carboxylic acids is 1. The number of amides is 1. The second-order valence-corrected chi connectivity index (χ2v) is 7.93. The molecule has 6 nitrogen and oxygen atoms in total. The minimum Gasteiger partial charge on any atom is -0.497 e. The van der Waals surface area contributed by atoms with Crippen LogP contribution in [0.5, 0.6) is 11.5 Å². The number of hydrazine groups is 1. The average Bonchev–Trinajstić information content (AvgIpc) is 3.14. The van der Waals surface area contributed by atoms with E-state index in [0.717, 1.165) is 21.5 Å². The number of ether oxygens (including phenoxy) is 2. The highest BCUT2D eigenvalue weighted by Crippen LogP contribution is 2.34. The molecule has 29 heavy (non-hydrogen) atoms. The summed E-state index contributed by atoms with van der Waals surface area (Å²) in [5.74, 6) is 1.16. The summed E-state index contributed by atoms with van der Waals surface area (Å²) in [5.41, 5.74) is 4.64. The van der Waals surface area contributed by atoms with Gasteiger partial charge >= 0.3 is 0 Å². The Balaban J connectivity index is 1.67. The zero-order valence-corrected chi connectivity index (χ0v) is 18.3. The lowest BCUT2D eigenvalue weighted by Gasteiger charge is -2.29. The summed E-state index contributed by atoms with van der Waals surface area (Å²) in [7, 11) is 1.63. The van der Waals surface area contributed by atoms with Crippen LogP contribution < -0.4 is 20.2 Å². The predicted molar refractivity (Wildman–Crippen MR) is 120 cm³/mol. The molecule has 0 saturated carbocycles. The molecule has 2 aromatic carbocycles. The van der Waals surface area contributed by atoms with Crippen molar-refractivity contribution >= 4 is 39.3 Å². The first-order valence-electron chi connectivity index (χ1n) is 8.92. The van der Waals surface area contributed by atoms with Crippen LogP contribution in [-0.2, 0) is 4.79 Å². The monoisotopic (exact) mass is 475 g/mol. The van der Waals surface area contributed by atoms with Gasteiger partial charge in [0.05, 0.1) is 12.8 Å². The molecular formula is C21H22BrN3O3S. The summed E-state index contributed by atoms with van der Waals surface area (Å²) in [4.78, 5) is 12.5. The lowest BCUT2D eigenvalue weighted by atomic mass is 10.1. The van der Waals surface area contributed by atoms with Gasteiger partial charge in [0.25, 0.3) is 5.91 Å². The van der Waals surface area contributed by atoms with Gasteiger partial charge in [-0.2, -0.15) is 0 Å². The largest absolute Gasteiger partial charge is 0.497 e. The molecule has 0 aromatic heterocycles. The number of hydrogen-bond donors (Lipinski definition) is 2. The predicted octanol–water partition coefficient (Wildman–Crippen LogP) is 3.97. The van der Waals surface area contributed by atoms with E-state index in [2.05, 4.69) is 33.3 Å². The molecular weight excluding hydrogens is 454 g/mol. The van der Waals surface area contributed by atoms with Crippen molar-refractivity contribution in [3.63, 3.8) is 0 Å². The Bertz CT molecular complexity index is 872. The second-order valence-electron chi connectivity index (χ2n) is 6.06. The fourth-order valence-corrected chi connectivity index (χ4v) is 3.88. The van der Waals surface area contributed by atoms with E-state index in [1.807, 2.05) is 46.8 Å². The van der Waals surface area contributed by atoms with E-state index >= 15 is 0 Å². The number of benzene rings is 2. The Hall–Kier alpha value is -2.42. The van der Waals surface area contributed by atoms with Gasteiger partial charge in [-0.1, -0.05) is 33.8 Å². The molecule has 0 bridgehead atoms. The summed E-state index contributed by atoms with van der Waals surface area (Å²) in [6, 6.07) is 15.0. The van der Waals surface area contributed by atoms with Crippen LogP contribution in [0.4, 0.5) is 0 Å². The van der Waals surface area contributed by atoms with Gasteiger partial charge < -0.3 is 9.47 Å². The van der Waals surface area contributed by atoms with Crippen LogP contribution in [0.1, 0.15) is 5.56 Å². The molecule has 8 heteroatoms. The molecule has 1 heterocycles. The third-order valence-corrected chi connectivity index (χ3v) is 5.58. The van der Waals surface area contributed by atoms with E-state index < -0.39 is 0 Å². The fourth-order valence-electron chi connectivity index (χ4n) is 2.63. The van der Waals surface area contributed by atoms with Crippen molar-refractivity contribution in [3.8, 4) is 11.5 Å². The van der Waals surface area contributed by atoms with Crippen LogP contribution >= 0.6 is 27.7 Å². The highest BCUT2D eigenvalue weighted by atomic mass is 79.9. The number of nitrogens with one attached hydrogen (secondary N) is 2. The minimum absolute atomic E-state index is 0.0904.